The molecule has 1 N–H and O–H groups in total. The molecule has 1 aliphatic rings. The molecule has 0 saturated carbocycles. The summed E-state index contributed by atoms with van der Waals surface area (Å²) in [5, 5.41) is -6.91. The molecule has 0 aromatic heterocycles. The lowest BCUT2D eigenvalue weighted by molar-refractivity contribution is -0.382. The van der Waals surface area contributed by atoms with Crippen LogP contribution in [0.25, 0.3) is 0 Å². The normalized spacial score (nSPS) is 17.2. The van der Waals surface area contributed by atoms with Crippen molar-refractivity contribution in [3.8, 4) is 0 Å². The first-order valence-electron chi connectivity index (χ1n) is 5.00. The molecule has 134 valence electrons. The minimum atomic E-state index is -7.35. The van der Waals surface area contributed by atoms with Crippen molar-refractivity contribution in [1.82, 2.24) is 5.48 Å². The predicted octanol–water partition coefficient (Wildman–Crippen LogP) is 2.65. The number of allylic oxidation sites excluding steroid dienone is 1. The maximum Gasteiger partial charge on any atom is 0.460 e. The van der Waals surface area contributed by atoms with Gasteiger partial charge < -0.3 is 9.02 Å². The molecule has 0 spiro atoms. The first kappa shape index (κ1) is 19.2. The van der Waals surface area contributed by atoms with Crippen molar-refractivity contribution < 1.29 is 57.0 Å². The predicted molar refractivity (Wildman–Crippen MR) is 52.3 cm³/mol. The zero-order valence-corrected chi connectivity index (χ0v) is 11.0. The van der Waals surface area contributed by atoms with Crippen molar-refractivity contribution in [3.63, 3.8) is 0 Å². The van der Waals surface area contributed by atoms with E-state index in [1.807, 2.05) is 0 Å². The first-order chi connectivity index (χ1) is 10.1. The van der Waals surface area contributed by atoms with Crippen LogP contribution in [0.4, 0.5) is 39.5 Å². The van der Waals surface area contributed by atoms with Crippen LogP contribution in [0.5, 0.6) is 0 Å². The van der Waals surface area contributed by atoms with Crippen LogP contribution in [0.1, 0.15) is 0 Å². The summed E-state index contributed by atoms with van der Waals surface area (Å²) in [7, 11) is -6.94. The van der Waals surface area contributed by atoms with E-state index in [2.05, 4.69) is 9.02 Å². The third-order valence-corrected chi connectivity index (χ3v) is 3.50. The van der Waals surface area contributed by atoms with Gasteiger partial charge in [-0.15, -0.1) is 0 Å². The van der Waals surface area contributed by atoms with Crippen LogP contribution < -0.4 is 5.48 Å². The Morgan fingerprint density at radius 2 is 1.48 bits per heavy atom. The van der Waals surface area contributed by atoms with Crippen molar-refractivity contribution in [3.05, 3.63) is 24.3 Å². The van der Waals surface area contributed by atoms with E-state index < -0.39 is 39.2 Å². The number of alkyl halides is 9. The van der Waals surface area contributed by atoms with Crippen molar-refractivity contribution in [2.45, 2.75) is 23.3 Å². The molecule has 0 unspecified atom stereocenters. The van der Waals surface area contributed by atoms with Gasteiger partial charge in [0, 0.05) is 6.08 Å². The van der Waals surface area contributed by atoms with E-state index in [-0.39, 0.29) is 0 Å². The van der Waals surface area contributed by atoms with Crippen LogP contribution >= 0.6 is 0 Å². The second-order valence-corrected chi connectivity index (χ2v) is 5.37. The van der Waals surface area contributed by atoms with Gasteiger partial charge in [0.2, 0.25) is 0 Å². The highest BCUT2D eigenvalue weighted by Gasteiger charge is 2.86. The Bertz CT molecular complexity index is 622. The number of rotatable bonds is 5. The van der Waals surface area contributed by atoms with Crippen LogP contribution in [-0.4, -0.2) is 31.7 Å². The molecule has 0 aromatic rings. The lowest BCUT2D eigenvalue weighted by Crippen LogP contribution is -2.63. The summed E-state index contributed by atoms with van der Waals surface area (Å²) >= 11 is 0. The third kappa shape index (κ3) is 3.00. The first-order valence-corrected chi connectivity index (χ1v) is 6.41. The molecule has 15 heteroatoms. The lowest BCUT2D eigenvalue weighted by atomic mass is 10.1. The smallest absolute Gasteiger partial charge is 0.390 e. The van der Waals surface area contributed by atoms with Crippen LogP contribution in [-0.2, 0) is 19.1 Å². The summed E-state index contributed by atoms with van der Waals surface area (Å²) in [6.45, 7) is 0. The molecule has 23 heavy (non-hydrogen) atoms. The monoisotopic (exact) mass is 381 g/mol. The number of hydrogen-bond acceptors (Lipinski definition) is 5. The molecule has 0 saturated heterocycles. The molecule has 0 aliphatic carbocycles. The fourth-order valence-electron chi connectivity index (χ4n) is 1.03. The molecule has 0 fully saturated rings. The Morgan fingerprint density at radius 3 is 1.87 bits per heavy atom. The van der Waals surface area contributed by atoms with E-state index in [0.717, 1.165) is 0 Å². The fraction of sp³-hybridized carbons (Fsp3) is 0.500. The fourth-order valence-corrected chi connectivity index (χ4v) is 1.93. The van der Waals surface area contributed by atoms with Gasteiger partial charge in [-0.2, -0.15) is 47.9 Å². The minimum absolute atomic E-state index is 0.383. The molecular weight excluding hydrogens is 377 g/mol. The molecule has 1 rings (SSSR count). The Hall–Kier alpha value is -1.80. The van der Waals surface area contributed by atoms with Crippen LogP contribution in [0.2, 0.25) is 0 Å². The standard InChI is InChI=1S/C8H4F9NO4S/c9-5(10,7(13,14)15)6(11,12)8(16,17)23(19,20)22-4-1-2-21-18-3-4/h1-3,18H. The molecular formula is C8H4F9NO4S. The molecule has 0 atom stereocenters. The zero-order valence-electron chi connectivity index (χ0n) is 10.2. The quantitative estimate of drug-likeness (QED) is 0.586. The van der Waals surface area contributed by atoms with E-state index in [4.69, 9.17) is 0 Å². The lowest BCUT2D eigenvalue weighted by Gasteiger charge is -2.32. The average molecular weight is 381 g/mol. The van der Waals surface area contributed by atoms with E-state index in [0.29, 0.717) is 18.5 Å². The van der Waals surface area contributed by atoms with Crippen molar-refractivity contribution in [2.24, 2.45) is 0 Å². The second kappa shape index (κ2) is 5.38. The molecule has 1 heterocycles. The molecule has 0 amide bonds. The van der Waals surface area contributed by atoms with E-state index in [1.54, 1.807) is 5.48 Å². The summed E-state index contributed by atoms with van der Waals surface area (Å²) in [5.74, 6) is -15.8. The van der Waals surface area contributed by atoms with E-state index in [1.165, 1.54) is 0 Å². The Labute approximate surface area is 121 Å². The van der Waals surface area contributed by atoms with Gasteiger partial charge in [-0.3, -0.25) is 0 Å². The summed E-state index contributed by atoms with van der Waals surface area (Å²) < 4.78 is 139. The van der Waals surface area contributed by atoms with Crippen molar-refractivity contribution in [1.29, 1.82) is 0 Å². The van der Waals surface area contributed by atoms with E-state index >= 15 is 0 Å². The average Bonchev–Trinajstić information content (AvgIpc) is 2.37. The Morgan fingerprint density at radius 1 is 0.957 bits per heavy atom. The number of nitrogens with one attached hydrogen (secondary N) is 1. The van der Waals surface area contributed by atoms with Gasteiger partial charge >= 0.3 is 33.4 Å². The Kier molecular flexibility index (Phi) is 4.50. The SMILES string of the molecule is O=S(=O)(OC1=CNOC=C1)C(F)(F)C(F)(F)C(F)(F)C(F)(F)F. The van der Waals surface area contributed by atoms with Gasteiger partial charge in [-0.1, -0.05) is 0 Å². The highest BCUT2D eigenvalue weighted by molar-refractivity contribution is 7.88. The van der Waals surface area contributed by atoms with Crippen LogP contribution in [0.15, 0.2) is 24.3 Å². The van der Waals surface area contributed by atoms with Gasteiger partial charge in [0.15, 0.2) is 5.76 Å². The summed E-state index contributed by atoms with van der Waals surface area (Å²) in [5.41, 5.74) is 1.70. The zero-order chi connectivity index (χ0) is 18.3. The van der Waals surface area contributed by atoms with Gasteiger partial charge in [-0.25, -0.2) is 5.48 Å². The second-order valence-electron chi connectivity index (χ2n) is 3.79. The van der Waals surface area contributed by atoms with Gasteiger partial charge in [-0.05, 0) is 0 Å². The summed E-state index contributed by atoms with van der Waals surface area (Å²) in [4.78, 5) is 4.18. The maximum atomic E-state index is 13.2. The number of hydrogen-bond donors (Lipinski definition) is 1. The summed E-state index contributed by atoms with van der Waals surface area (Å²) in [6.07, 6.45) is -5.71. The van der Waals surface area contributed by atoms with Crippen LogP contribution in [0.3, 0.4) is 0 Å². The Balaban J connectivity index is 3.27. The minimum Gasteiger partial charge on any atom is -0.390 e. The van der Waals surface area contributed by atoms with E-state index in [9.17, 15) is 47.9 Å². The van der Waals surface area contributed by atoms with Gasteiger partial charge in [0.1, 0.15) is 6.26 Å². The largest absolute Gasteiger partial charge is 0.460 e. The number of halogens is 9. The molecule has 0 radical (unpaired) electrons. The van der Waals surface area contributed by atoms with Gasteiger partial charge in [0.05, 0.1) is 6.20 Å². The summed E-state index contributed by atoms with van der Waals surface area (Å²) in [6, 6.07) is 0. The molecule has 1 aliphatic heterocycles. The van der Waals surface area contributed by atoms with Crippen molar-refractivity contribution in [2.75, 3.05) is 0 Å². The van der Waals surface area contributed by atoms with Crippen molar-refractivity contribution >= 4 is 10.1 Å². The molecule has 5 nitrogen and oxygen atoms in total. The topological polar surface area (TPSA) is 64.6 Å². The third-order valence-electron chi connectivity index (χ3n) is 2.21. The van der Waals surface area contributed by atoms with Crippen LogP contribution in [0, 0.1) is 0 Å². The molecule has 0 aromatic carbocycles. The molecule has 0 bridgehead atoms. The maximum absolute atomic E-state index is 13.2. The highest BCUT2D eigenvalue weighted by Crippen LogP contribution is 2.55. The highest BCUT2D eigenvalue weighted by atomic mass is 32.2. The van der Waals surface area contributed by atoms with Gasteiger partial charge in [0.25, 0.3) is 0 Å². The number of hydroxylamine groups is 1.